The minimum atomic E-state index is -0.506. The summed E-state index contributed by atoms with van der Waals surface area (Å²) >= 11 is 0. The largest absolute Gasteiger partial charge is 0.461 e. The average molecular weight is 454 g/mol. The summed E-state index contributed by atoms with van der Waals surface area (Å²) in [5, 5.41) is 11.3. The highest BCUT2D eigenvalue weighted by atomic mass is 16.5. The van der Waals surface area contributed by atoms with Crippen LogP contribution in [0.25, 0.3) is 22.5 Å². The second-order valence-electron chi connectivity index (χ2n) is 7.57. The number of esters is 1. The van der Waals surface area contributed by atoms with Crippen LogP contribution in [0.2, 0.25) is 0 Å². The third-order valence-electron chi connectivity index (χ3n) is 5.31. The van der Waals surface area contributed by atoms with Gasteiger partial charge in [-0.1, -0.05) is 35.5 Å². The number of hydrogen-bond donors (Lipinski definition) is 1. The molecule has 34 heavy (non-hydrogen) atoms. The van der Waals surface area contributed by atoms with Gasteiger partial charge >= 0.3 is 5.97 Å². The van der Waals surface area contributed by atoms with Crippen molar-refractivity contribution in [1.82, 2.24) is 34.5 Å². The molecule has 5 aromatic rings. The molecule has 1 unspecified atom stereocenters. The average Bonchev–Trinajstić information content (AvgIpc) is 3.52. The Balaban J connectivity index is 1.40. The van der Waals surface area contributed by atoms with E-state index in [0.29, 0.717) is 11.8 Å². The minimum Gasteiger partial charge on any atom is -0.461 e. The van der Waals surface area contributed by atoms with Crippen molar-refractivity contribution in [2.24, 2.45) is 0 Å². The van der Waals surface area contributed by atoms with Gasteiger partial charge in [0.15, 0.2) is 5.69 Å². The Morgan fingerprint density at radius 3 is 2.79 bits per heavy atom. The Morgan fingerprint density at radius 2 is 1.97 bits per heavy atom. The molecule has 0 fully saturated rings. The Labute approximate surface area is 195 Å². The van der Waals surface area contributed by atoms with Gasteiger partial charge in [0.1, 0.15) is 12.1 Å². The fraction of sp³-hybridized carbons (Fsp3) is 0.167. The molecule has 10 heteroatoms. The van der Waals surface area contributed by atoms with Crippen molar-refractivity contribution < 1.29 is 9.53 Å². The maximum Gasteiger partial charge on any atom is 0.360 e. The monoisotopic (exact) mass is 454 g/mol. The van der Waals surface area contributed by atoms with Gasteiger partial charge in [-0.25, -0.2) is 19.4 Å². The summed E-state index contributed by atoms with van der Waals surface area (Å²) in [5.41, 5.74) is 3.64. The lowest BCUT2D eigenvalue weighted by Crippen LogP contribution is -2.10. The fourth-order valence-corrected chi connectivity index (χ4v) is 3.59. The van der Waals surface area contributed by atoms with E-state index in [2.05, 4.69) is 49.6 Å². The standard InChI is InChI=1S/C24H22N8O2/c1-3-34-23(33)20-14-32(30-29-20)18-9-10-21-19(13-18)26-15-31(21)22-11-12-25-24(28-22)27-16(2)17-7-5-4-6-8-17/h4-16H,3H2,1-2H3,(H,25,27,28). The van der Waals surface area contributed by atoms with Crippen molar-refractivity contribution in [2.45, 2.75) is 19.9 Å². The topological polar surface area (TPSA) is 113 Å². The number of ether oxygens (including phenoxy) is 1. The second-order valence-corrected chi connectivity index (χ2v) is 7.57. The van der Waals surface area contributed by atoms with Crippen LogP contribution in [0.1, 0.15) is 35.9 Å². The molecule has 0 saturated carbocycles. The molecule has 0 amide bonds. The molecule has 0 aliphatic carbocycles. The number of fused-ring (bicyclic) bond motifs is 1. The van der Waals surface area contributed by atoms with E-state index in [0.717, 1.165) is 22.3 Å². The molecule has 2 aromatic carbocycles. The summed E-state index contributed by atoms with van der Waals surface area (Å²) in [6.07, 6.45) is 4.97. The number of benzene rings is 2. The molecule has 0 aliphatic heterocycles. The summed E-state index contributed by atoms with van der Waals surface area (Å²) < 4.78 is 8.38. The number of anilines is 1. The van der Waals surface area contributed by atoms with E-state index in [-0.39, 0.29) is 18.3 Å². The van der Waals surface area contributed by atoms with Gasteiger partial charge in [-0.15, -0.1) is 5.10 Å². The zero-order valence-corrected chi connectivity index (χ0v) is 18.7. The zero-order valence-electron chi connectivity index (χ0n) is 18.7. The number of aromatic nitrogens is 7. The van der Waals surface area contributed by atoms with Crippen LogP contribution in [0.4, 0.5) is 5.95 Å². The number of rotatable bonds is 7. The first kappa shape index (κ1) is 21.3. The van der Waals surface area contributed by atoms with E-state index in [4.69, 9.17) is 4.74 Å². The van der Waals surface area contributed by atoms with Crippen molar-refractivity contribution >= 4 is 23.0 Å². The molecular weight excluding hydrogens is 432 g/mol. The van der Waals surface area contributed by atoms with Crippen LogP contribution in [0.15, 0.2) is 73.3 Å². The molecular formula is C24H22N8O2. The van der Waals surface area contributed by atoms with Crippen molar-refractivity contribution in [2.75, 3.05) is 11.9 Å². The number of imidazole rings is 1. The van der Waals surface area contributed by atoms with Crippen LogP contribution >= 0.6 is 0 Å². The SMILES string of the molecule is CCOC(=O)c1cn(-c2ccc3c(c2)ncn3-c2ccnc(NC(C)c3ccccc3)n2)nn1. The van der Waals surface area contributed by atoms with Crippen molar-refractivity contribution in [3.63, 3.8) is 0 Å². The van der Waals surface area contributed by atoms with Crippen LogP contribution in [-0.4, -0.2) is 47.1 Å². The first-order chi connectivity index (χ1) is 16.6. The summed E-state index contributed by atoms with van der Waals surface area (Å²) in [6.45, 7) is 4.09. The van der Waals surface area contributed by atoms with Gasteiger partial charge in [0, 0.05) is 6.20 Å². The van der Waals surface area contributed by atoms with E-state index in [1.165, 1.54) is 10.9 Å². The first-order valence-electron chi connectivity index (χ1n) is 10.8. The molecule has 0 aliphatic rings. The predicted molar refractivity (Wildman–Crippen MR) is 126 cm³/mol. The molecule has 3 aromatic heterocycles. The van der Waals surface area contributed by atoms with E-state index in [9.17, 15) is 4.79 Å². The molecule has 0 radical (unpaired) electrons. The molecule has 0 bridgehead atoms. The zero-order chi connectivity index (χ0) is 23.5. The number of nitrogens with zero attached hydrogens (tertiary/aromatic N) is 7. The van der Waals surface area contributed by atoms with E-state index < -0.39 is 5.97 Å². The maximum atomic E-state index is 11.9. The molecule has 0 spiro atoms. The lowest BCUT2D eigenvalue weighted by Gasteiger charge is -2.14. The van der Waals surface area contributed by atoms with Gasteiger partial charge in [0.2, 0.25) is 5.95 Å². The van der Waals surface area contributed by atoms with Crippen LogP contribution in [0, 0.1) is 0 Å². The van der Waals surface area contributed by atoms with Crippen molar-refractivity contribution in [1.29, 1.82) is 0 Å². The third-order valence-corrected chi connectivity index (χ3v) is 5.31. The molecule has 1 atom stereocenters. The van der Waals surface area contributed by atoms with Crippen LogP contribution in [0.5, 0.6) is 0 Å². The number of hydrogen-bond acceptors (Lipinski definition) is 8. The number of carbonyl (C=O) groups is 1. The molecule has 0 saturated heterocycles. The van der Waals surface area contributed by atoms with Crippen LogP contribution in [0.3, 0.4) is 0 Å². The van der Waals surface area contributed by atoms with E-state index in [1.54, 1.807) is 19.4 Å². The normalized spacial score (nSPS) is 11.9. The molecule has 1 N–H and O–H groups in total. The lowest BCUT2D eigenvalue weighted by atomic mass is 10.1. The van der Waals surface area contributed by atoms with Gasteiger partial charge in [-0.05, 0) is 43.7 Å². The van der Waals surface area contributed by atoms with Gasteiger partial charge in [-0.3, -0.25) is 4.57 Å². The van der Waals surface area contributed by atoms with Gasteiger partial charge in [0.25, 0.3) is 0 Å². The predicted octanol–water partition coefficient (Wildman–Crippen LogP) is 3.75. The Bertz CT molecular complexity index is 1440. The molecule has 3 heterocycles. The number of carbonyl (C=O) groups excluding carboxylic acids is 1. The minimum absolute atomic E-state index is 0.0562. The highest BCUT2D eigenvalue weighted by Crippen LogP contribution is 2.22. The van der Waals surface area contributed by atoms with Gasteiger partial charge < -0.3 is 10.1 Å². The smallest absolute Gasteiger partial charge is 0.360 e. The lowest BCUT2D eigenvalue weighted by molar-refractivity contribution is 0.0519. The summed E-state index contributed by atoms with van der Waals surface area (Å²) in [5.74, 6) is 0.716. The Morgan fingerprint density at radius 1 is 1.12 bits per heavy atom. The second kappa shape index (κ2) is 9.10. The fourth-order valence-electron chi connectivity index (χ4n) is 3.59. The van der Waals surface area contributed by atoms with E-state index in [1.807, 2.05) is 47.0 Å². The third kappa shape index (κ3) is 4.20. The summed E-state index contributed by atoms with van der Waals surface area (Å²) in [7, 11) is 0. The van der Waals surface area contributed by atoms with Gasteiger partial charge in [0.05, 0.1) is 35.6 Å². The summed E-state index contributed by atoms with van der Waals surface area (Å²) in [4.78, 5) is 25.4. The number of nitrogens with one attached hydrogen (secondary N) is 1. The summed E-state index contributed by atoms with van der Waals surface area (Å²) in [6, 6.07) is 17.7. The maximum absolute atomic E-state index is 11.9. The van der Waals surface area contributed by atoms with Gasteiger partial charge in [-0.2, -0.15) is 4.98 Å². The molecule has 10 nitrogen and oxygen atoms in total. The first-order valence-corrected chi connectivity index (χ1v) is 10.8. The molecule has 5 rings (SSSR count). The highest BCUT2D eigenvalue weighted by molar-refractivity contribution is 5.87. The van der Waals surface area contributed by atoms with E-state index >= 15 is 0 Å². The Kier molecular flexibility index (Phi) is 5.69. The van der Waals surface area contributed by atoms with Crippen LogP contribution < -0.4 is 5.32 Å². The van der Waals surface area contributed by atoms with Crippen molar-refractivity contribution in [3.8, 4) is 11.5 Å². The Hall–Kier alpha value is -4.60. The van der Waals surface area contributed by atoms with Crippen LogP contribution in [-0.2, 0) is 4.74 Å². The quantitative estimate of drug-likeness (QED) is 0.370. The highest BCUT2D eigenvalue weighted by Gasteiger charge is 2.14. The molecule has 170 valence electrons. The van der Waals surface area contributed by atoms with Crippen molar-refractivity contribution in [3.05, 3.63) is 84.6 Å².